The van der Waals surface area contributed by atoms with Crippen molar-refractivity contribution < 1.29 is 9.53 Å². The zero-order valence-corrected chi connectivity index (χ0v) is 13.8. The molecule has 2 aromatic rings. The molecule has 1 aromatic heterocycles. The Bertz CT molecular complexity index is 671. The molecule has 0 saturated carbocycles. The van der Waals surface area contributed by atoms with Crippen molar-refractivity contribution in [2.45, 2.75) is 6.92 Å². The monoisotopic (exact) mass is 315 g/mol. The van der Waals surface area contributed by atoms with Crippen LogP contribution in [0.3, 0.4) is 0 Å². The molecule has 7 heteroatoms. The Balaban J connectivity index is 2.07. The van der Waals surface area contributed by atoms with E-state index in [1.165, 1.54) is 7.11 Å². The highest BCUT2D eigenvalue weighted by atomic mass is 16.5. The fourth-order valence-corrected chi connectivity index (χ4v) is 1.96. The molecule has 0 atom stereocenters. The van der Waals surface area contributed by atoms with Crippen LogP contribution in [0.4, 0.5) is 23.0 Å². The number of nitrogens with one attached hydrogen (secondary N) is 2. The molecule has 0 unspecified atom stereocenters. The van der Waals surface area contributed by atoms with E-state index in [-0.39, 0.29) is 12.5 Å². The number of benzene rings is 1. The fraction of sp³-hybridized carbons (Fsp3) is 0.312. The molecule has 122 valence electrons. The third-order valence-electron chi connectivity index (χ3n) is 3.00. The number of hydrogen-bond acceptors (Lipinski definition) is 6. The van der Waals surface area contributed by atoms with E-state index < -0.39 is 0 Å². The van der Waals surface area contributed by atoms with E-state index in [2.05, 4.69) is 20.6 Å². The number of rotatable bonds is 6. The minimum Gasteiger partial charge on any atom is -0.375 e. The van der Waals surface area contributed by atoms with Gasteiger partial charge in [0, 0.05) is 38.6 Å². The summed E-state index contributed by atoms with van der Waals surface area (Å²) < 4.78 is 4.78. The van der Waals surface area contributed by atoms with Gasteiger partial charge in [-0.05, 0) is 31.2 Å². The van der Waals surface area contributed by atoms with Gasteiger partial charge >= 0.3 is 0 Å². The number of ether oxygens (including phenoxy) is 1. The first-order valence-corrected chi connectivity index (χ1v) is 7.17. The summed E-state index contributed by atoms with van der Waals surface area (Å²) in [6.45, 7) is 1.89. The first-order chi connectivity index (χ1) is 11.0. The van der Waals surface area contributed by atoms with Crippen molar-refractivity contribution in [1.29, 1.82) is 0 Å². The van der Waals surface area contributed by atoms with Crippen LogP contribution in [0.5, 0.6) is 0 Å². The van der Waals surface area contributed by atoms with Crippen molar-refractivity contribution in [1.82, 2.24) is 9.97 Å². The van der Waals surface area contributed by atoms with Crippen molar-refractivity contribution in [2.24, 2.45) is 0 Å². The average Bonchev–Trinajstić information content (AvgIpc) is 2.49. The van der Waals surface area contributed by atoms with Gasteiger partial charge in [0.2, 0.25) is 5.91 Å². The van der Waals surface area contributed by atoms with Crippen LogP contribution < -0.4 is 15.5 Å². The van der Waals surface area contributed by atoms with E-state index in [0.717, 1.165) is 17.3 Å². The molecule has 0 saturated heterocycles. The molecule has 0 radical (unpaired) electrons. The van der Waals surface area contributed by atoms with E-state index in [1.807, 2.05) is 56.3 Å². The lowest BCUT2D eigenvalue weighted by Gasteiger charge is -2.14. The summed E-state index contributed by atoms with van der Waals surface area (Å²) in [5, 5.41) is 5.97. The SMILES string of the molecule is COCC(=O)Nc1ccc(Nc2cc(N(C)C)nc(C)n2)cc1. The normalized spacial score (nSPS) is 10.3. The van der Waals surface area contributed by atoms with E-state index in [1.54, 1.807) is 0 Å². The minimum absolute atomic E-state index is 0.0352. The molecule has 7 nitrogen and oxygen atoms in total. The first-order valence-electron chi connectivity index (χ1n) is 7.17. The summed E-state index contributed by atoms with van der Waals surface area (Å²) in [4.78, 5) is 22.1. The van der Waals surface area contributed by atoms with Gasteiger partial charge in [0.25, 0.3) is 0 Å². The molecule has 0 bridgehead atoms. The zero-order chi connectivity index (χ0) is 16.8. The highest BCUT2D eigenvalue weighted by Gasteiger charge is 2.05. The van der Waals surface area contributed by atoms with Crippen molar-refractivity contribution in [3.63, 3.8) is 0 Å². The second-order valence-corrected chi connectivity index (χ2v) is 5.24. The lowest BCUT2D eigenvalue weighted by Crippen LogP contribution is -2.16. The number of carbonyl (C=O) groups excluding carboxylic acids is 1. The van der Waals surface area contributed by atoms with Crippen LogP contribution in [0.25, 0.3) is 0 Å². The van der Waals surface area contributed by atoms with Gasteiger partial charge in [-0.3, -0.25) is 4.79 Å². The molecule has 1 heterocycles. The Morgan fingerprint density at radius 3 is 2.43 bits per heavy atom. The maximum atomic E-state index is 11.5. The maximum Gasteiger partial charge on any atom is 0.250 e. The molecule has 1 amide bonds. The van der Waals surface area contributed by atoms with Crippen LogP contribution in [-0.4, -0.2) is 43.7 Å². The van der Waals surface area contributed by atoms with Gasteiger partial charge in [-0.25, -0.2) is 9.97 Å². The number of nitrogens with zero attached hydrogens (tertiary/aromatic N) is 3. The van der Waals surface area contributed by atoms with Crippen LogP contribution in [0, 0.1) is 6.92 Å². The molecule has 0 aliphatic carbocycles. The van der Waals surface area contributed by atoms with Crippen LogP contribution in [-0.2, 0) is 9.53 Å². The second-order valence-electron chi connectivity index (χ2n) is 5.24. The Labute approximate surface area is 135 Å². The number of aromatic nitrogens is 2. The molecule has 0 spiro atoms. The van der Waals surface area contributed by atoms with Crippen LogP contribution in [0.2, 0.25) is 0 Å². The fourth-order valence-electron chi connectivity index (χ4n) is 1.96. The summed E-state index contributed by atoms with van der Waals surface area (Å²) in [5.74, 6) is 2.07. The summed E-state index contributed by atoms with van der Waals surface area (Å²) in [6.07, 6.45) is 0. The quantitative estimate of drug-likeness (QED) is 0.850. The van der Waals surface area contributed by atoms with Gasteiger partial charge in [-0.15, -0.1) is 0 Å². The summed E-state index contributed by atoms with van der Waals surface area (Å²) in [7, 11) is 5.35. The summed E-state index contributed by atoms with van der Waals surface area (Å²) in [5.41, 5.74) is 1.59. The van der Waals surface area contributed by atoms with Gasteiger partial charge in [0.15, 0.2) is 0 Å². The van der Waals surface area contributed by atoms with Crippen molar-refractivity contribution in [3.05, 3.63) is 36.2 Å². The Kier molecular flexibility index (Phi) is 5.48. The van der Waals surface area contributed by atoms with Gasteiger partial charge in [0.05, 0.1) is 0 Å². The summed E-state index contributed by atoms with van der Waals surface area (Å²) >= 11 is 0. The zero-order valence-electron chi connectivity index (χ0n) is 13.8. The number of hydrogen-bond donors (Lipinski definition) is 2. The molecule has 2 N–H and O–H groups in total. The van der Waals surface area contributed by atoms with Gasteiger partial charge in [-0.1, -0.05) is 0 Å². The Morgan fingerprint density at radius 2 is 1.83 bits per heavy atom. The maximum absolute atomic E-state index is 11.5. The van der Waals surface area contributed by atoms with Crippen molar-refractivity contribution >= 4 is 28.9 Å². The highest BCUT2D eigenvalue weighted by molar-refractivity contribution is 5.91. The van der Waals surface area contributed by atoms with E-state index >= 15 is 0 Å². The molecule has 0 aliphatic rings. The third kappa shape index (κ3) is 4.93. The van der Waals surface area contributed by atoms with E-state index in [9.17, 15) is 4.79 Å². The van der Waals surface area contributed by atoms with Crippen LogP contribution in [0.15, 0.2) is 30.3 Å². The number of aryl methyl sites for hydroxylation is 1. The topological polar surface area (TPSA) is 79.4 Å². The third-order valence-corrected chi connectivity index (χ3v) is 3.00. The van der Waals surface area contributed by atoms with Crippen LogP contribution >= 0.6 is 0 Å². The van der Waals surface area contributed by atoms with Crippen LogP contribution in [0.1, 0.15) is 5.82 Å². The van der Waals surface area contributed by atoms with E-state index in [4.69, 9.17) is 4.74 Å². The van der Waals surface area contributed by atoms with Gasteiger partial charge in [0.1, 0.15) is 24.1 Å². The smallest absolute Gasteiger partial charge is 0.250 e. The minimum atomic E-state index is -0.185. The number of amides is 1. The first kappa shape index (κ1) is 16.7. The number of anilines is 4. The second kappa shape index (κ2) is 7.55. The molecule has 0 fully saturated rings. The Morgan fingerprint density at radius 1 is 1.17 bits per heavy atom. The highest BCUT2D eigenvalue weighted by Crippen LogP contribution is 2.20. The predicted molar refractivity (Wildman–Crippen MR) is 91.3 cm³/mol. The lowest BCUT2D eigenvalue weighted by atomic mass is 10.2. The molecule has 0 aliphatic heterocycles. The van der Waals surface area contributed by atoms with Gasteiger partial charge < -0.3 is 20.3 Å². The predicted octanol–water partition coefficient (Wildman–Crippen LogP) is 2.18. The summed E-state index contributed by atoms with van der Waals surface area (Å²) in [6, 6.07) is 9.25. The average molecular weight is 315 g/mol. The van der Waals surface area contributed by atoms with Crippen molar-refractivity contribution in [3.8, 4) is 0 Å². The molecule has 23 heavy (non-hydrogen) atoms. The van der Waals surface area contributed by atoms with E-state index in [0.29, 0.717) is 11.5 Å². The molecular weight excluding hydrogens is 294 g/mol. The largest absolute Gasteiger partial charge is 0.375 e. The molecular formula is C16H21N5O2. The number of methoxy groups -OCH3 is 1. The van der Waals surface area contributed by atoms with Gasteiger partial charge in [-0.2, -0.15) is 0 Å². The number of carbonyl (C=O) groups is 1. The Hall–Kier alpha value is -2.67. The lowest BCUT2D eigenvalue weighted by molar-refractivity contribution is -0.119. The molecule has 2 rings (SSSR count). The standard InChI is InChI=1S/C16H21N5O2/c1-11-17-14(9-15(18-11)21(2)3)19-12-5-7-13(8-6-12)20-16(22)10-23-4/h5-9H,10H2,1-4H3,(H,20,22)(H,17,18,19). The van der Waals surface area contributed by atoms with Crippen molar-refractivity contribution in [2.75, 3.05) is 43.3 Å². The molecule has 1 aromatic carbocycles.